The molecule has 2 N–H and O–H groups in total. The van der Waals surface area contributed by atoms with Gasteiger partial charge in [0.15, 0.2) is 0 Å². The van der Waals surface area contributed by atoms with Crippen LogP contribution in [0, 0.1) is 0 Å². The van der Waals surface area contributed by atoms with Gasteiger partial charge in [0.2, 0.25) is 5.91 Å². The van der Waals surface area contributed by atoms with Crippen LogP contribution in [-0.4, -0.2) is 24.0 Å². The van der Waals surface area contributed by atoms with E-state index in [1.54, 1.807) is 12.1 Å². The van der Waals surface area contributed by atoms with Gasteiger partial charge in [0.25, 0.3) is 0 Å². The highest BCUT2D eigenvalue weighted by Gasteiger charge is 2.01. The number of hydrogen-bond donors (Lipinski definition) is 2. The van der Waals surface area contributed by atoms with Crippen LogP contribution in [0.2, 0.25) is 5.02 Å². The minimum Gasteiger partial charge on any atom is -0.310 e. The highest BCUT2D eigenvalue weighted by atomic mass is 35.5. The number of rotatable bonds is 6. The average molecular weight is 242 g/mol. The largest absolute Gasteiger partial charge is 0.310 e. The summed E-state index contributed by atoms with van der Waals surface area (Å²) in [7, 11) is 0. The van der Waals surface area contributed by atoms with Crippen LogP contribution in [0.4, 0.5) is 5.82 Å². The third kappa shape index (κ3) is 5.09. The SMILES string of the molecule is CCCCNCC(=O)Nc1ccc(Cl)cn1. The van der Waals surface area contributed by atoms with Gasteiger partial charge >= 0.3 is 0 Å². The van der Waals surface area contributed by atoms with Gasteiger partial charge in [-0.1, -0.05) is 24.9 Å². The van der Waals surface area contributed by atoms with Crippen LogP contribution in [0.25, 0.3) is 0 Å². The quantitative estimate of drug-likeness (QED) is 0.750. The number of anilines is 1. The molecule has 0 aromatic carbocycles. The molecule has 1 heterocycles. The molecule has 1 aromatic heterocycles. The number of nitrogens with one attached hydrogen (secondary N) is 2. The van der Waals surface area contributed by atoms with Crippen molar-refractivity contribution in [1.29, 1.82) is 0 Å². The number of amides is 1. The second-order valence-corrected chi connectivity index (χ2v) is 3.88. The lowest BCUT2D eigenvalue weighted by atomic mass is 10.3. The molecule has 0 radical (unpaired) electrons. The Hall–Kier alpha value is -1.13. The second kappa shape index (κ2) is 7.19. The van der Waals surface area contributed by atoms with Gasteiger partial charge in [-0.3, -0.25) is 4.79 Å². The molecular formula is C11H16ClN3O. The van der Waals surface area contributed by atoms with Gasteiger partial charge in [0, 0.05) is 6.20 Å². The molecule has 0 atom stereocenters. The van der Waals surface area contributed by atoms with Gasteiger partial charge < -0.3 is 10.6 Å². The van der Waals surface area contributed by atoms with Crippen molar-refractivity contribution >= 4 is 23.3 Å². The van der Waals surface area contributed by atoms with E-state index in [2.05, 4.69) is 22.5 Å². The molecule has 0 aliphatic heterocycles. The van der Waals surface area contributed by atoms with E-state index >= 15 is 0 Å². The zero-order chi connectivity index (χ0) is 11.8. The summed E-state index contributed by atoms with van der Waals surface area (Å²) >= 11 is 5.68. The number of unbranched alkanes of at least 4 members (excludes halogenated alkanes) is 1. The fourth-order valence-electron chi connectivity index (χ4n) is 1.14. The van der Waals surface area contributed by atoms with Crippen molar-refractivity contribution in [2.45, 2.75) is 19.8 Å². The first-order valence-electron chi connectivity index (χ1n) is 5.34. The van der Waals surface area contributed by atoms with Crippen molar-refractivity contribution < 1.29 is 4.79 Å². The van der Waals surface area contributed by atoms with E-state index in [9.17, 15) is 4.79 Å². The molecule has 0 fully saturated rings. The summed E-state index contributed by atoms with van der Waals surface area (Å²) in [5.74, 6) is 0.428. The number of aromatic nitrogens is 1. The van der Waals surface area contributed by atoms with Crippen LogP contribution in [-0.2, 0) is 4.79 Å². The molecule has 1 rings (SSSR count). The average Bonchev–Trinajstić information content (AvgIpc) is 2.28. The maximum atomic E-state index is 11.4. The Morgan fingerprint density at radius 3 is 2.94 bits per heavy atom. The first kappa shape index (κ1) is 12.9. The fourth-order valence-corrected chi connectivity index (χ4v) is 1.25. The molecule has 0 saturated heterocycles. The molecule has 0 aliphatic carbocycles. The first-order valence-corrected chi connectivity index (χ1v) is 5.72. The van der Waals surface area contributed by atoms with Gasteiger partial charge in [-0.05, 0) is 25.1 Å². The number of carbonyl (C=O) groups is 1. The maximum absolute atomic E-state index is 11.4. The van der Waals surface area contributed by atoms with Crippen LogP contribution < -0.4 is 10.6 Å². The summed E-state index contributed by atoms with van der Waals surface area (Å²) < 4.78 is 0. The van der Waals surface area contributed by atoms with E-state index in [4.69, 9.17) is 11.6 Å². The molecule has 0 unspecified atom stereocenters. The topological polar surface area (TPSA) is 54.0 Å². The normalized spacial score (nSPS) is 10.1. The van der Waals surface area contributed by atoms with E-state index in [1.165, 1.54) is 6.20 Å². The van der Waals surface area contributed by atoms with Crippen LogP contribution >= 0.6 is 11.6 Å². The van der Waals surface area contributed by atoms with Crippen molar-refractivity contribution in [2.24, 2.45) is 0 Å². The number of halogens is 1. The summed E-state index contributed by atoms with van der Waals surface area (Å²) in [5, 5.41) is 6.28. The molecule has 4 nitrogen and oxygen atoms in total. The van der Waals surface area contributed by atoms with Crippen LogP contribution in [0.3, 0.4) is 0 Å². The molecule has 1 aromatic rings. The molecule has 5 heteroatoms. The smallest absolute Gasteiger partial charge is 0.239 e. The third-order valence-corrected chi connectivity index (χ3v) is 2.21. The Bertz CT molecular complexity index is 327. The molecule has 0 aliphatic rings. The molecule has 0 saturated carbocycles. The minimum atomic E-state index is -0.0917. The molecular weight excluding hydrogens is 226 g/mol. The van der Waals surface area contributed by atoms with Gasteiger partial charge in [0.1, 0.15) is 5.82 Å². The monoisotopic (exact) mass is 241 g/mol. The Morgan fingerprint density at radius 1 is 1.50 bits per heavy atom. The molecule has 0 bridgehead atoms. The van der Waals surface area contributed by atoms with Gasteiger partial charge in [-0.15, -0.1) is 0 Å². The van der Waals surface area contributed by atoms with Crippen molar-refractivity contribution in [1.82, 2.24) is 10.3 Å². The Morgan fingerprint density at radius 2 is 2.31 bits per heavy atom. The lowest BCUT2D eigenvalue weighted by Gasteiger charge is -2.05. The van der Waals surface area contributed by atoms with Crippen molar-refractivity contribution in [3.63, 3.8) is 0 Å². The predicted molar refractivity (Wildman–Crippen MR) is 65.7 cm³/mol. The lowest BCUT2D eigenvalue weighted by Crippen LogP contribution is -2.28. The summed E-state index contributed by atoms with van der Waals surface area (Å²) in [5.41, 5.74) is 0. The Labute approximate surface area is 100 Å². The van der Waals surface area contributed by atoms with Gasteiger partial charge in [-0.2, -0.15) is 0 Å². The van der Waals surface area contributed by atoms with Crippen molar-refractivity contribution in [2.75, 3.05) is 18.4 Å². The summed E-state index contributed by atoms with van der Waals surface area (Å²) in [6.45, 7) is 3.28. The third-order valence-electron chi connectivity index (χ3n) is 1.99. The highest BCUT2D eigenvalue weighted by Crippen LogP contribution is 2.08. The van der Waals surface area contributed by atoms with Gasteiger partial charge in [0.05, 0.1) is 11.6 Å². The van der Waals surface area contributed by atoms with Gasteiger partial charge in [-0.25, -0.2) is 4.98 Å². The van der Waals surface area contributed by atoms with E-state index < -0.39 is 0 Å². The summed E-state index contributed by atoms with van der Waals surface area (Å²) in [4.78, 5) is 15.4. The Balaban J connectivity index is 2.26. The first-order chi connectivity index (χ1) is 7.72. The molecule has 16 heavy (non-hydrogen) atoms. The number of pyridine rings is 1. The predicted octanol–water partition coefficient (Wildman–Crippen LogP) is 2.06. The van der Waals surface area contributed by atoms with Crippen LogP contribution in [0.15, 0.2) is 18.3 Å². The van der Waals surface area contributed by atoms with Crippen molar-refractivity contribution in [3.05, 3.63) is 23.4 Å². The number of hydrogen-bond acceptors (Lipinski definition) is 3. The highest BCUT2D eigenvalue weighted by molar-refractivity contribution is 6.30. The summed E-state index contributed by atoms with van der Waals surface area (Å²) in [6.07, 6.45) is 3.70. The standard InChI is InChI=1S/C11H16ClN3O/c1-2-3-6-13-8-11(16)15-10-5-4-9(12)7-14-10/h4-5,7,13H,2-3,6,8H2,1H3,(H,14,15,16). The van der Waals surface area contributed by atoms with E-state index in [-0.39, 0.29) is 5.91 Å². The zero-order valence-electron chi connectivity index (χ0n) is 9.29. The van der Waals surface area contributed by atoms with E-state index in [0.29, 0.717) is 17.4 Å². The fraction of sp³-hybridized carbons (Fsp3) is 0.455. The Kier molecular flexibility index (Phi) is 5.82. The molecule has 0 spiro atoms. The van der Waals surface area contributed by atoms with Crippen LogP contribution in [0.1, 0.15) is 19.8 Å². The molecule has 1 amide bonds. The number of carbonyl (C=O) groups excluding carboxylic acids is 1. The van der Waals surface area contributed by atoms with E-state index in [0.717, 1.165) is 19.4 Å². The molecule has 88 valence electrons. The summed E-state index contributed by atoms with van der Waals surface area (Å²) in [6, 6.07) is 3.36. The van der Waals surface area contributed by atoms with Crippen LogP contribution in [0.5, 0.6) is 0 Å². The minimum absolute atomic E-state index is 0.0917. The van der Waals surface area contributed by atoms with E-state index in [1.807, 2.05) is 0 Å². The zero-order valence-corrected chi connectivity index (χ0v) is 10.0. The van der Waals surface area contributed by atoms with Crippen molar-refractivity contribution in [3.8, 4) is 0 Å². The maximum Gasteiger partial charge on any atom is 0.239 e. The second-order valence-electron chi connectivity index (χ2n) is 3.44. The lowest BCUT2D eigenvalue weighted by molar-refractivity contribution is -0.115. The number of nitrogens with zero attached hydrogens (tertiary/aromatic N) is 1.